The van der Waals surface area contributed by atoms with Gasteiger partial charge >= 0.3 is 53.5 Å². The average molecular weight is 879 g/mol. The zero-order valence-corrected chi connectivity index (χ0v) is 38.8. The van der Waals surface area contributed by atoms with Gasteiger partial charge in [-0.1, -0.05) is 58.7 Å². The first-order chi connectivity index (χ1) is 26.8. The van der Waals surface area contributed by atoms with Crippen LogP contribution in [0, 0.1) is 41.5 Å². The van der Waals surface area contributed by atoms with E-state index in [1.165, 1.54) is 66.1 Å². The average Bonchev–Trinajstić information content (AvgIpc) is 3.97. The Morgan fingerprint density at radius 3 is 1.25 bits per heavy atom. The SMILES string of the molecule is COc1cccc(-c2c(C)ccc3[cH-]c(-c4cc(C)c(C)o4)cc23)c1.COc1cccc(-c2c(C)ccc3[cH-]c(-c4cc(C)c(C)o4)cc23)c1.C[Si](C)=[Zr]([Cl])[Cl]. The van der Waals surface area contributed by atoms with Crippen molar-refractivity contribution >= 4 is 44.0 Å². The van der Waals surface area contributed by atoms with Gasteiger partial charge in [0, 0.05) is 0 Å². The van der Waals surface area contributed by atoms with Gasteiger partial charge in [-0.05, 0) is 111 Å². The van der Waals surface area contributed by atoms with Crippen molar-refractivity contribution in [2.75, 3.05) is 14.2 Å². The van der Waals surface area contributed by atoms with E-state index >= 15 is 0 Å². The summed E-state index contributed by atoms with van der Waals surface area (Å²) < 4.78 is 22.7. The van der Waals surface area contributed by atoms with Gasteiger partial charge in [0.15, 0.2) is 0 Å². The maximum atomic E-state index is 5.92. The number of methoxy groups -OCH3 is 2. The quantitative estimate of drug-likeness (QED) is 0.123. The predicted octanol–water partition coefficient (Wildman–Crippen LogP) is 15.0. The van der Waals surface area contributed by atoms with Gasteiger partial charge < -0.3 is 18.3 Å². The molecule has 2 aromatic heterocycles. The first-order valence-corrected chi connectivity index (χ1v) is 31.1. The molecule has 0 aliphatic heterocycles. The van der Waals surface area contributed by atoms with Gasteiger partial charge in [-0.25, -0.2) is 0 Å². The van der Waals surface area contributed by atoms with Crippen LogP contribution in [0.2, 0.25) is 13.1 Å². The summed E-state index contributed by atoms with van der Waals surface area (Å²) in [5.41, 5.74) is 11.8. The van der Waals surface area contributed by atoms with Gasteiger partial charge in [-0.3, -0.25) is 0 Å². The van der Waals surface area contributed by atoms with Crippen molar-refractivity contribution in [1.29, 1.82) is 0 Å². The second-order valence-electron chi connectivity index (χ2n) is 14.4. The van der Waals surface area contributed by atoms with E-state index in [2.05, 4.69) is 126 Å². The molecule has 6 aromatic carbocycles. The third-order valence-electron chi connectivity index (χ3n) is 10.2. The summed E-state index contributed by atoms with van der Waals surface area (Å²) in [5.74, 6) is 5.56. The molecule has 0 aliphatic rings. The van der Waals surface area contributed by atoms with E-state index in [9.17, 15) is 0 Å². The van der Waals surface area contributed by atoms with Gasteiger partial charge in [0.05, 0.1) is 37.3 Å². The molecule has 56 heavy (non-hydrogen) atoms. The third kappa shape index (κ3) is 9.21. The molecular weight excluding hydrogens is 831 g/mol. The molecule has 0 saturated heterocycles. The number of fused-ring (bicyclic) bond motifs is 2. The van der Waals surface area contributed by atoms with Gasteiger partial charge in [0.25, 0.3) is 0 Å². The normalized spacial score (nSPS) is 10.9. The Hall–Kier alpha value is -4.06. The van der Waals surface area contributed by atoms with E-state index < -0.39 is 18.0 Å². The van der Waals surface area contributed by atoms with Crippen LogP contribution in [0.15, 0.2) is 118 Å². The fourth-order valence-corrected chi connectivity index (χ4v) is 6.82. The third-order valence-corrected chi connectivity index (χ3v) is 29.9. The van der Waals surface area contributed by atoms with Crippen molar-refractivity contribution in [3.8, 4) is 56.4 Å². The fraction of sp³-hybridized carbons (Fsp3) is 0.208. The summed E-state index contributed by atoms with van der Waals surface area (Å²) in [7, 11) is 14.6. The van der Waals surface area contributed by atoms with E-state index in [-0.39, 0.29) is 5.43 Å². The Labute approximate surface area is 346 Å². The molecule has 0 bridgehead atoms. The van der Waals surface area contributed by atoms with Crippen LogP contribution < -0.4 is 9.47 Å². The number of hydrogen-bond acceptors (Lipinski definition) is 4. The first kappa shape index (κ1) is 41.6. The second kappa shape index (κ2) is 18.0. The monoisotopic (exact) mass is 876 g/mol. The minimum absolute atomic E-state index is 0.224. The molecule has 0 fully saturated rings. The Morgan fingerprint density at radius 2 is 0.929 bits per heavy atom. The standard InChI is InChI=1S/2C23H21O2.C2H6Si.2ClH.Zr/c2*1-14-8-9-17-11-19(22-10-15(2)16(3)25-22)13-21(17)23(14)18-6-5-7-20(12-18)24-4;1-3-2;;;/h2*5-13H,1-4H3;1-2H3;2*1H;/q2*-1;;;;+2/p-2. The number of aryl methyl sites for hydroxylation is 6. The number of benzene rings is 4. The van der Waals surface area contributed by atoms with Crippen molar-refractivity contribution in [2.24, 2.45) is 0 Å². The van der Waals surface area contributed by atoms with Crippen LogP contribution in [0.5, 0.6) is 11.5 Å². The van der Waals surface area contributed by atoms with Crippen LogP contribution in [0.3, 0.4) is 0 Å². The summed E-state index contributed by atoms with van der Waals surface area (Å²) in [6.45, 7) is 16.8. The summed E-state index contributed by atoms with van der Waals surface area (Å²) >= 11 is -1.65. The Bertz CT molecular complexity index is 2460. The van der Waals surface area contributed by atoms with Gasteiger partial charge in [-0.15, -0.1) is 57.9 Å². The van der Waals surface area contributed by atoms with Crippen LogP contribution in [0.25, 0.3) is 66.4 Å². The molecule has 0 aliphatic carbocycles. The number of furan rings is 2. The molecule has 0 unspecified atom stereocenters. The van der Waals surface area contributed by atoms with Gasteiger partial charge in [0.1, 0.15) is 11.5 Å². The van der Waals surface area contributed by atoms with Crippen molar-refractivity contribution in [2.45, 2.75) is 54.6 Å². The van der Waals surface area contributed by atoms with Crippen molar-refractivity contribution < 1.29 is 36.3 Å². The molecule has 8 rings (SSSR count). The van der Waals surface area contributed by atoms with E-state index in [1.807, 2.05) is 38.1 Å². The molecule has 8 aromatic rings. The molecule has 0 atom stereocenters. The van der Waals surface area contributed by atoms with Gasteiger partial charge in [0.2, 0.25) is 0 Å². The first-order valence-electron chi connectivity index (χ1n) is 18.6. The second-order valence-corrected chi connectivity index (χ2v) is 37.4. The number of hydrogen-bond donors (Lipinski definition) is 0. The van der Waals surface area contributed by atoms with Crippen LogP contribution in [0.4, 0.5) is 0 Å². The van der Waals surface area contributed by atoms with E-state index in [4.69, 9.17) is 35.3 Å². The predicted molar refractivity (Wildman–Crippen MR) is 236 cm³/mol. The minimum atomic E-state index is -1.65. The van der Waals surface area contributed by atoms with Crippen molar-refractivity contribution in [1.82, 2.24) is 0 Å². The maximum absolute atomic E-state index is 5.92. The molecule has 0 spiro atoms. The molecule has 0 N–H and O–H groups in total. The zero-order chi connectivity index (χ0) is 40.3. The van der Waals surface area contributed by atoms with Crippen LogP contribution in [0.1, 0.15) is 33.8 Å². The van der Waals surface area contributed by atoms with Crippen molar-refractivity contribution in [3.05, 3.63) is 143 Å². The van der Waals surface area contributed by atoms with Crippen LogP contribution >= 0.6 is 17.0 Å². The zero-order valence-electron chi connectivity index (χ0n) is 33.8. The number of halogens is 2. The molecule has 8 heteroatoms. The molecular formula is C48H48Cl2O4SiZr-2. The summed E-state index contributed by atoms with van der Waals surface area (Å²) in [5, 5.41) is 4.94. The molecule has 0 radical (unpaired) electrons. The molecule has 4 nitrogen and oxygen atoms in total. The molecule has 0 amide bonds. The number of ether oxygens (including phenoxy) is 2. The van der Waals surface area contributed by atoms with Gasteiger partial charge in [-0.2, -0.15) is 0 Å². The van der Waals surface area contributed by atoms with Crippen LogP contribution in [-0.4, -0.2) is 19.7 Å². The molecule has 0 saturated carbocycles. The topological polar surface area (TPSA) is 44.7 Å². The number of rotatable bonds is 6. The molecule has 288 valence electrons. The Kier molecular flexibility index (Phi) is 13.4. The Morgan fingerprint density at radius 1 is 0.536 bits per heavy atom. The van der Waals surface area contributed by atoms with Crippen LogP contribution in [-0.2, 0) is 18.0 Å². The Balaban J connectivity index is 0.000000166. The summed E-state index contributed by atoms with van der Waals surface area (Å²) in [4.78, 5) is 0. The summed E-state index contributed by atoms with van der Waals surface area (Å²) in [6, 6.07) is 38.3. The van der Waals surface area contributed by atoms with Crippen molar-refractivity contribution in [3.63, 3.8) is 0 Å². The summed E-state index contributed by atoms with van der Waals surface area (Å²) in [6.07, 6.45) is 0. The van der Waals surface area contributed by atoms with E-state index in [0.717, 1.165) is 45.7 Å². The fourth-order valence-electron chi connectivity index (χ4n) is 6.82. The van der Waals surface area contributed by atoms with E-state index in [1.54, 1.807) is 14.2 Å². The molecule has 2 heterocycles. The van der Waals surface area contributed by atoms with E-state index in [0.29, 0.717) is 0 Å².